The summed E-state index contributed by atoms with van der Waals surface area (Å²) < 4.78 is 4.92. The molecule has 0 radical (unpaired) electrons. The monoisotopic (exact) mass is 327 g/mol. The number of pyridine rings is 1. The first kappa shape index (κ1) is 16.4. The van der Waals surface area contributed by atoms with Gasteiger partial charge in [-0.3, -0.25) is 14.6 Å². The van der Waals surface area contributed by atoms with Crippen LogP contribution in [0, 0.1) is 0 Å². The van der Waals surface area contributed by atoms with Crippen LogP contribution in [0.25, 0.3) is 10.9 Å². The molecule has 1 aliphatic heterocycles. The molecule has 3 rings (SSSR count). The molecule has 2 heterocycles. The molecule has 126 valence electrons. The van der Waals surface area contributed by atoms with Crippen molar-refractivity contribution >= 4 is 22.7 Å². The topological polar surface area (TPSA) is 71.5 Å². The van der Waals surface area contributed by atoms with Gasteiger partial charge < -0.3 is 15.0 Å². The lowest BCUT2D eigenvalue weighted by molar-refractivity contribution is -0.134. The Labute approximate surface area is 140 Å². The SMILES string of the molecule is CNC(=O)c1cc([C@H]2CCN(C(=O)COC)C2)nc2ccccc12. The zero-order chi connectivity index (χ0) is 17.1. The molecule has 1 atom stereocenters. The maximum Gasteiger partial charge on any atom is 0.251 e. The molecule has 0 spiro atoms. The highest BCUT2D eigenvalue weighted by molar-refractivity contribution is 6.06. The van der Waals surface area contributed by atoms with Crippen LogP contribution >= 0.6 is 0 Å². The number of hydrogen-bond donors (Lipinski definition) is 1. The van der Waals surface area contributed by atoms with E-state index in [1.54, 1.807) is 11.9 Å². The molecule has 0 unspecified atom stereocenters. The predicted octanol–water partition coefficient (Wildman–Crippen LogP) is 1.56. The molecule has 2 aromatic rings. The first-order valence-corrected chi connectivity index (χ1v) is 8.02. The molecule has 0 aliphatic carbocycles. The molecule has 1 fully saturated rings. The average Bonchev–Trinajstić information content (AvgIpc) is 3.10. The third kappa shape index (κ3) is 3.10. The third-order valence-electron chi connectivity index (χ3n) is 4.43. The maximum atomic E-state index is 12.2. The summed E-state index contributed by atoms with van der Waals surface area (Å²) in [5.41, 5.74) is 2.29. The van der Waals surface area contributed by atoms with Gasteiger partial charge in [-0.1, -0.05) is 18.2 Å². The normalized spacial score (nSPS) is 17.2. The van der Waals surface area contributed by atoms with Crippen LogP contribution in [-0.2, 0) is 9.53 Å². The number of amides is 2. The number of rotatable bonds is 4. The lowest BCUT2D eigenvalue weighted by Gasteiger charge is -2.16. The molecule has 6 nitrogen and oxygen atoms in total. The second-order valence-electron chi connectivity index (χ2n) is 5.95. The standard InChI is InChI=1S/C18H21N3O3/c1-19-18(23)14-9-16(20-15-6-4-3-5-13(14)15)12-7-8-21(10-12)17(22)11-24-2/h3-6,9,12H,7-8,10-11H2,1-2H3,(H,19,23)/t12-/m0/s1. The molecule has 6 heteroatoms. The highest BCUT2D eigenvalue weighted by atomic mass is 16.5. The van der Waals surface area contributed by atoms with Crippen LogP contribution in [0.1, 0.15) is 28.4 Å². The Balaban J connectivity index is 1.93. The number of benzene rings is 1. The molecule has 1 aromatic carbocycles. The van der Waals surface area contributed by atoms with Crippen LogP contribution in [0.3, 0.4) is 0 Å². The van der Waals surface area contributed by atoms with E-state index in [0.717, 1.165) is 23.0 Å². The van der Waals surface area contributed by atoms with E-state index in [4.69, 9.17) is 9.72 Å². The molecule has 1 aliphatic rings. The number of carbonyl (C=O) groups is 2. The van der Waals surface area contributed by atoms with Crippen molar-refractivity contribution < 1.29 is 14.3 Å². The number of likely N-dealkylation sites (tertiary alicyclic amines) is 1. The first-order valence-electron chi connectivity index (χ1n) is 8.02. The molecule has 1 saturated heterocycles. The van der Waals surface area contributed by atoms with Crippen molar-refractivity contribution in [3.05, 3.63) is 41.6 Å². The quantitative estimate of drug-likeness (QED) is 0.925. The summed E-state index contributed by atoms with van der Waals surface area (Å²) in [5, 5.41) is 3.53. The van der Waals surface area contributed by atoms with Crippen molar-refractivity contribution in [1.82, 2.24) is 15.2 Å². The van der Waals surface area contributed by atoms with E-state index in [9.17, 15) is 9.59 Å². The van der Waals surface area contributed by atoms with Crippen LogP contribution in [0.5, 0.6) is 0 Å². The Morgan fingerprint density at radius 2 is 2.17 bits per heavy atom. The third-order valence-corrected chi connectivity index (χ3v) is 4.43. The number of nitrogens with zero attached hydrogens (tertiary/aromatic N) is 2. The number of nitrogens with one attached hydrogen (secondary N) is 1. The summed E-state index contributed by atoms with van der Waals surface area (Å²) in [5.74, 6) is 0.00583. The van der Waals surface area contributed by atoms with Gasteiger partial charge in [0.05, 0.1) is 11.1 Å². The lowest BCUT2D eigenvalue weighted by atomic mass is 9.99. The highest BCUT2D eigenvalue weighted by Gasteiger charge is 2.29. The van der Waals surface area contributed by atoms with E-state index in [1.807, 2.05) is 30.3 Å². The summed E-state index contributed by atoms with van der Waals surface area (Å²) >= 11 is 0. The summed E-state index contributed by atoms with van der Waals surface area (Å²) in [6.07, 6.45) is 0.841. The predicted molar refractivity (Wildman–Crippen MR) is 90.9 cm³/mol. The minimum atomic E-state index is -0.125. The van der Waals surface area contributed by atoms with Crippen molar-refractivity contribution in [2.75, 3.05) is 33.9 Å². The number of fused-ring (bicyclic) bond motifs is 1. The van der Waals surface area contributed by atoms with E-state index in [0.29, 0.717) is 18.7 Å². The fourth-order valence-electron chi connectivity index (χ4n) is 3.17. The Kier molecular flexibility index (Phi) is 4.76. The second kappa shape index (κ2) is 6.97. The molecule has 1 N–H and O–H groups in total. The van der Waals surface area contributed by atoms with Gasteiger partial charge in [0.15, 0.2) is 0 Å². The Morgan fingerprint density at radius 3 is 2.92 bits per heavy atom. The molecular formula is C18H21N3O3. The molecule has 0 bridgehead atoms. The van der Waals surface area contributed by atoms with Gasteiger partial charge >= 0.3 is 0 Å². The average molecular weight is 327 g/mol. The number of aromatic nitrogens is 1. The van der Waals surface area contributed by atoms with E-state index in [1.165, 1.54) is 7.11 Å². The number of hydrogen-bond acceptors (Lipinski definition) is 4. The maximum absolute atomic E-state index is 12.2. The summed E-state index contributed by atoms with van der Waals surface area (Å²) in [6.45, 7) is 1.40. The van der Waals surface area contributed by atoms with Crippen LogP contribution < -0.4 is 5.32 Å². The smallest absolute Gasteiger partial charge is 0.251 e. The molecule has 24 heavy (non-hydrogen) atoms. The van der Waals surface area contributed by atoms with E-state index in [2.05, 4.69) is 5.32 Å². The number of carbonyl (C=O) groups excluding carboxylic acids is 2. The minimum Gasteiger partial charge on any atom is -0.375 e. The van der Waals surface area contributed by atoms with E-state index in [-0.39, 0.29) is 24.3 Å². The van der Waals surface area contributed by atoms with Crippen molar-refractivity contribution in [1.29, 1.82) is 0 Å². The van der Waals surface area contributed by atoms with Crippen molar-refractivity contribution in [2.45, 2.75) is 12.3 Å². The van der Waals surface area contributed by atoms with Gasteiger partial charge in [-0.2, -0.15) is 0 Å². The molecule has 0 saturated carbocycles. The fourth-order valence-corrected chi connectivity index (χ4v) is 3.17. The molecule has 1 aromatic heterocycles. The molecule has 2 amide bonds. The van der Waals surface area contributed by atoms with E-state index < -0.39 is 0 Å². The van der Waals surface area contributed by atoms with Gasteiger partial charge in [-0.05, 0) is 18.6 Å². The zero-order valence-electron chi connectivity index (χ0n) is 13.9. The van der Waals surface area contributed by atoms with Crippen LogP contribution in [-0.4, -0.2) is 55.6 Å². The van der Waals surface area contributed by atoms with Crippen LogP contribution in [0.15, 0.2) is 30.3 Å². The van der Waals surface area contributed by atoms with Gasteiger partial charge in [-0.25, -0.2) is 0 Å². The Bertz CT molecular complexity index is 775. The first-order chi connectivity index (χ1) is 11.6. The number of ether oxygens (including phenoxy) is 1. The summed E-state index contributed by atoms with van der Waals surface area (Å²) in [6, 6.07) is 9.48. The Morgan fingerprint density at radius 1 is 1.38 bits per heavy atom. The van der Waals surface area contributed by atoms with Crippen LogP contribution in [0.4, 0.5) is 0 Å². The number of methoxy groups -OCH3 is 1. The lowest BCUT2D eigenvalue weighted by Crippen LogP contribution is -2.31. The van der Waals surface area contributed by atoms with Crippen molar-refractivity contribution in [2.24, 2.45) is 0 Å². The van der Waals surface area contributed by atoms with Gasteiger partial charge in [0.25, 0.3) is 5.91 Å². The van der Waals surface area contributed by atoms with Crippen molar-refractivity contribution in [3.63, 3.8) is 0 Å². The number of para-hydroxylation sites is 1. The minimum absolute atomic E-state index is 0.00712. The largest absolute Gasteiger partial charge is 0.375 e. The van der Waals surface area contributed by atoms with Gasteiger partial charge in [0.2, 0.25) is 5.91 Å². The van der Waals surface area contributed by atoms with Crippen molar-refractivity contribution in [3.8, 4) is 0 Å². The van der Waals surface area contributed by atoms with Gasteiger partial charge in [-0.15, -0.1) is 0 Å². The second-order valence-corrected chi connectivity index (χ2v) is 5.95. The highest BCUT2D eigenvalue weighted by Crippen LogP contribution is 2.29. The van der Waals surface area contributed by atoms with E-state index >= 15 is 0 Å². The zero-order valence-corrected chi connectivity index (χ0v) is 13.9. The Hall–Kier alpha value is -2.47. The van der Waals surface area contributed by atoms with Crippen LogP contribution in [0.2, 0.25) is 0 Å². The summed E-state index contributed by atoms with van der Waals surface area (Å²) in [4.78, 5) is 30.7. The van der Waals surface area contributed by atoms with Gasteiger partial charge in [0.1, 0.15) is 6.61 Å². The molecular weight excluding hydrogens is 306 g/mol. The van der Waals surface area contributed by atoms with Gasteiger partial charge in [0, 0.05) is 44.2 Å². The summed E-state index contributed by atoms with van der Waals surface area (Å²) in [7, 11) is 3.14. The fraction of sp³-hybridized carbons (Fsp3) is 0.389.